The summed E-state index contributed by atoms with van der Waals surface area (Å²) in [5.41, 5.74) is 0.784. The fraction of sp³-hybridized carbons (Fsp3) is 0.500. The number of ether oxygens (including phenoxy) is 1. The van der Waals surface area contributed by atoms with Gasteiger partial charge in [0.1, 0.15) is 5.75 Å². The number of hydrogen-bond donors (Lipinski definition) is 3. The molecule has 1 aromatic rings. The van der Waals surface area contributed by atoms with Crippen LogP contribution in [0.2, 0.25) is 0 Å². The van der Waals surface area contributed by atoms with Gasteiger partial charge >= 0.3 is 6.03 Å². The van der Waals surface area contributed by atoms with Crippen molar-refractivity contribution in [2.75, 3.05) is 24.6 Å². The van der Waals surface area contributed by atoms with Crippen molar-refractivity contribution in [3.05, 3.63) is 24.3 Å². The van der Waals surface area contributed by atoms with E-state index in [0.717, 1.165) is 11.4 Å². The van der Waals surface area contributed by atoms with E-state index in [0.29, 0.717) is 13.2 Å². The molecule has 0 radical (unpaired) electrons. The molecule has 0 spiro atoms. The van der Waals surface area contributed by atoms with Crippen LogP contribution in [0.25, 0.3) is 0 Å². The monoisotopic (exact) mass is 321 g/mol. The second-order valence-electron chi connectivity index (χ2n) is 5.54. The minimum Gasteiger partial charge on any atom is -0.494 e. The van der Waals surface area contributed by atoms with Crippen LogP contribution in [0.3, 0.4) is 0 Å². The van der Waals surface area contributed by atoms with Crippen LogP contribution in [-0.4, -0.2) is 48.9 Å². The van der Waals surface area contributed by atoms with Crippen LogP contribution in [0.15, 0.2) is 24.3 Å². The molecule has 7 nitrogen and oxygen atoms in total. The largest absolute Gasteiger partial charge is 0.494 e. The van der Waals surface area contributed by atoms with Crippen molar-refractivity contribution in [3.8, 4) is 5.75 Å². The molecule has 0 saturated carbocycles. The first-order chi connectivity index (χ1) is 11.0. The minimum atomic E-state index is -0.605. The predicted octanol–water partition coefficient (Wildman–Crippen LogP) is 0.871. The molecule has 1 saturated heterocycles. The molecule has 1 fully saturated rings. The summed E-state index contributed by atoms with van der Waals surface area (Å²) in [6.45, 7) is 4.70. The molecule has 126 valence electrons. The van der Waals surface area contributed by atoms with Crippen molar-refractivity contribution in [1.82, 2.24) is 10.6 Å². The summed E-state index contributed by atoms with van der Waals surface area (Å²) in [4.78, 5) is 25.5. The van der Waals surface area contributed by atoms with Gasteiger partial charge in [0, 0.05) is 25.2 Å². The summed E-state index contributed by atoms with van der Waals surface area (Å²) in [5.74, 6) is 0.727. The molecule has 7 heteroatoms. The highest BCUT2D eigenvalue weighted by Gasteiger charge is 2.31. The summed E-state index contributed by atoms with van der Waals surface area (Å²) < 4.78 is 5.38. The normalized spacial score (nSPS) is 18.7. The van der Waals surface area contributed by atoms with Gasteiger partial charge < -0.3 is 25.4 Å². The number of urea groups is 1. The highest BCUT2D eigenvalue weighted by atomic mass is 16.5. The van der Waals surface area contributed by atoms with Crippen molar-refractivity contribution in [3.63, 3.8) is 0 Å². The Kier molecular flexibility index (Phi) is 5.81. The number of aliphatic hydroxyl groups excluding tert-OH is 1. The second-order valence-corrected chi connectivity index (χ2v) is 5.54. The summed E-state index contributed by atoms with van der Waals surface area (Å²) >= 11 is 0. The number of benzene rings is 1. The zero-order valence-corrected chi connectivity index (χ0v) is 13.4. The number of carbonyl (C=O) groups is 2. The van der Waals surface area contributed by atoms with Gasteiger partial charge in [0.2, 0.25) is 5.91 Å². The Morgan fingerprint density at radius 3 is 2.74 bits per heavy atom. The SMILES string of the molecule is CCOc1ccc(N2C[C@@H](NC(=O)NC[C@@H](C)O)CC2=O)cc1. The number of nitrogens with zero attached hydrogens (tertiary/aromatic N) is 1. The van der Waals surface area contributed by atoms with Crippen LogP contribution in [-0.2, 0) is 4.79 Å². The maximum Gasteiger partial charge on any atom is 0.315 e. The standard InChI is InChI=1S/C16H23N3O4/c1-3-23-14-6-4-13(5-7-14)19-10-12(8-15(19)21)18-16(22)17-9-11(2)20/h4-7,11-12,20H,3,8-10H2,1-2H3,(H2,17,18,22)/t11-,12+/m1/s1. The number of aliphatic hydroxyl groups is 1. The third-order valence-corrected chi connectivity index (χ3v) is 3.48. The first-order valence-corrected chi connectivity index (χ1v) is 7.75. The molecule has 23 heavy (non-hydrogen) atoms. The van der Waals surface area contributed by atoms with E-state index >= 15 is 0 Å². The zero-order valence-electron chi connectivity index (χ0n) is 13.4. The number of carbonyl (C=O) groups excluding carboxylic acids is 2. The molecular weight excluding hydrogens is 298 g/mol. The van der Waals surface area contributed by atoms with E-state index in [1.54, 1.807) is 11.8 Å². The molecule has 1 aromatic carbocycles. The first kappa shape index (κ1) is 17.1. The summed E-state index contributed by atoms with van der Waals surface area (Å²) in [7, 11) is 0. The average Bonchev–Trinajstić information content (AvgIpc) is 2.87. The lowest BCUT2D eigenvalue weighted by atomic mass is 10.2. The highest BCUT2D eigenvalue weighted by Crippen LogP contribution is 2.24. The van der Waals surface area contributed by atoms with Crippen LogP contribution >= 0.6 is 0 Å². The van der Waals surface area contributed by atoms with E-state index in [1.165, 1.54) is 0 Å². The molecule has 1 aliphatic heterocycles. The van der Waals surface area contributed by atoms with Gasteiger partial charge in [-0.1, -0.05) is 0 Å². The maximum atomic E-state index is 12.1. The quantitative estimate of drug-likeness (QED) is 0.725. The number of nitrogens with one attached hydrogen (secondary N) is 2. The lowest BCUT2D eigenvalue weighted by Gasteiger charge is -2.18. The molecule has 3 N–H and O–H groups in total. The molecule has 0 bridgehead atoms. The molecular formula is C16H23N3O4. The lowest BCUT2D eigenvalue weighted by Crippen LogP contribution is -2.45. The van der Waals surface area contributed by atoms with Crippen LogP contribution < -0.4 is 20.3 Å². The van der Waals surface area contributed by atoms with Crippen molar-refractivity contribution >= 4 is 17.6 Å². The number of anilines is 1. The van der Waals surface area contributed by atoms with E-state index in [4.69, 9.17) is 9.84 Å². The van der Waals surface area contributed by atoms with E-state index in [-0.39, 0.29) is 30.9 Å². The van der Waals surface area contributed by atoms with Gasteiger partial charge in [-0.15, -0.1) is 0 Å². The number of hydrogen-bond acceptors (Lipinski definition) is 4. The fourth-order valence-electron chi connectivity index (χ4n) is 2.42. The highest BCUT2D eigenvalue weighted by molar-refractivity contribution is 5.96. The smallest absolute Gasteiger partial charge is 0.315 e. The van der Waals surface area contributed by atoms with Crippen molar-refractivity contribution in [2.24, 2.45) is 0 Å². The predicted molar refractivity (Wildman–Crippen MR) is 86.6 cm³/mol. The van der Waals surface area contributed by atoms with E-state index in [1.807, 2.05) is 31.2 Å². The minimum absolute atomic E-state index is 0.0324. The van der Waals surface area contributed by atoms with Crippen LogP contribution in [0, 0.1) is 0 Å². The van der Waals surface area contributed by atoms with Gasteiger partial charge in [0.25, 0.3) is 0 Å². The Morgan fingerprint density at radius 1 is 1.43 bits per heavy atom. The first-order valence-electron chi connectivity index (χ1n) is 7.75. The van der Waals surface area contributed by atoms with Gasteiger partial charge in [-0.2, -0.15) is 0 Å². The Balaban J connectivity index is 1.90. The third kappa shape index (κ3) is 4.85. The van der Waals surface area contributed by atoms with Gasteiger partial charge in [-0.05, 0) is 38.1 Å². The molecule has 2 rings (SSSR count). The summed E-state index contributed by atoms with van der Waals surface area (Å²) in [5, 5.41) is 14.4. The zero-order chi connectivity index (χ0) is 16.8. The molecule has 3 amide bonds. The van der Waals surface area contributed by atoms with Gasteiger partial charge in [0.05, 0.1) is 18.8 Å². The summed E-state index contributed by atoms with van der Waals surface area (Å²) in [6.07, 6.45) is -0.346. The van der Waals surface area contributed by atoms with Gasteiger partial charge in [-0.3, -0.25) is 4.79 Å². The number of rotatable bonds is 6. The fourth-order valence-corrected chi connectivity index (χ4v) is 2.42. The third-order valence-electron chi connectivity index (χ3n) is 3.48. The molecule has 1 heterocycles. The number of amides is 3. The maximum absolute atomic E-state index is 12.1. The molecule has 0 unspecified atom stereocenters. The van der Waals surface area contributed by atoms with Crippen molar-refractivity contribution in [1.29, 1.82) is 0 Å². The van der Waals surface area contributed by atoms with Gasteiger partial charge in [-0.25, -0.2) is 4.79 Å². The summed E-state index contributed by atoms with van der Waals surface area (Å²) in [6, 6.07) is 6.68. The van der Waals surface area contributed by atoms with E-state index in [2.05, 4.69) is 10.6 Å². The van der Waals surface area contributed by atoms with Gasteiger partial charge in [0.15, 0.2) is 0 Å². The average molecular weight is 321 g/mol. The lowest BCUT2D eigenvalue weighted by molar-refractivity contribution is -0.117. The Bertz CT molecular complexity index is 545. The second kappa shape index (κ2) is 7.82. The van der Waals surface area contributed by atoms with Crippen LogP contribution in [0.5, 0.6) is 5.75 Å². The van der Waals surface area contributed by atoms with Crippen LogP contribution in [0.4, 0.5) is 10.5 Å². The van der Waals surface area contributed by atoms with Crippen molar-refractivity contribution in [2.45, 2.75) is 32.4 Å². The van der Waals surface area contributed by atoms with E-state index < -0.39 is 6.10 Å². The molecule has 0 aromatic heterocycles. The Hall–Kier alpha value is -2.28. The van der Waals surface area contributed by atoms with Crippen LogP contribution in [0.1, 0.15) is 20.3 Å². The Labute approximate surface area is 135 Å². The Morgan fingerprint density at radius 2 is 2.13 bits per heavy atom. The van der Waals surface area contributed by atoms with Crippen molar-refractivity contribution < 1.29 is 19.4 Å². The molecule has 0 aliphatic carbocycles. The van der Waals surface area contributed by atoms with E-state index in [9.17, 15) is 9.59 Å². The topological polar surface area (TPSA) is 90.9 Å². The molecule has 2 atom stereocenters. The molecule has 1 aliphatic rings.